The number of nitriles is 1. The van der Waals surface area contributed by atoms with Crippen LogP contribution in [-0.2, 0) is 6.54 Å². The zero-order valence-corrected chi connectivity index (χ0v) is 12.6. The minimum Gasteiger partial charge on any atom is -0.378 e. The maximum Gasteiger partial charge on any atom is 0.186 e. The van der Waals surface area contributed by atoms with Crippen molar-refractivity contribution in [2.45, 2.75) is 6.54 Å². The molecule has 0 atom stereocenters. The van der Waals surface area contributed by atoms with E-state index in [0.717, 1.165) is 26.6 Å². The molecule has 3 aromatic rings. The Kier molecular flexibility index (Phi) is 3.80. The molecule has 0 aliphatic heterocycles. The summed E-state index contributed by atoms with van der Waals surface area (Å²) in [5, 5.41) is 21.5. The van der Waals surface area contributed by atoms with Gasteiger partial charge in [-0.05, 0) is 23.8 Å². The zero-order chi connectivity index (χ0) is 14.7. The fraction of sp³-hybridized carbons (Fsp3) is 0.0625. The second-order valence-electron chi connectivity index (χ2n) is 4.54. The summed E-state index contributed by atoms with van der Waals surface area (Å²) in [5.41, 5.74) is 2.93. The first-order chi connectivity index (χ1) is 10.3. The number of fused-ring (bicyclic) bond motifs is 1. The van der Waals surface area contributed by atoms with Crippen LogP contribution in [0.2, 0.25) is 0 Å². The molecule has 102 valence electrons. The SMILES string of the molecule is N#Cc1nnc2ccccc2c1NCc1cccc(Br)c1. The molecule has 3 rings (SSSR count). The van der Waals surface area contributed by atoms with Gasteiger partial charge < -0.3 is 5.32 Å². The molecule has 0 radical (unpaired) electrons. The molecule has 1 heterocycles. The molecular weight excluding hydrogens is 328 g/mol. The van der Waals surface area contributed by atoms with Crippen LogP contribution in [0, 0.1) is 11.3 Å². The van der Waals surface area contributed by atoms with E-state index in [2.05, 4.69) is 37.5 Å². The summed E-state index contributed by atoms with van der Waals surface area (Å²) < 4.78 is 1.03. The van der Waals surface area contributed by atoms with Gasteiger partial charge in [0, 0.05) is 16.4 Å². The Morgan fingerprint density at radius 3 is 2.76 bits per heavy atom. The van der Waals surface area contributed by atoms with Gasteiger partial charge in [-0.3, -0.25) is 0 Å². The minimum absolute atomic E-state index is 0.309. The molecule has 0 bridgehead atoms. The number of nitrogens with one attached hydrogen (secondary N) is 1. The minimum atomic E-state index is 0.309. The molecule has 0 amide bonds. The van der Waals surface area contributed by atoms with Gasteiger partial charge in [0.1, 0.15) is 6.07 Å². The Morgan fingerprint density at radius 2 is 1.95 bits per heavy atom. The van der Waals surface area contributed by atoms with Crippen LogP contribution < -0.4 is 5.32 Å². The maximum absolute atomic E-state index is 9.22. The summed E-state index contributed by atoms with van der Waals surface area (Å²) in [7, 11) is 0. The lowest BCUT2D eigenvalue weighted by Crippen LogP contribution is -2.04. The molecule has 0 fully saturated rings. The van der Waals surface area contributed by atoms with Crippen LogP contribution in [0.5, 0.6) is 0 Å². The van der Waals surface area contributed by atoms with Crippen molar-refractivity contribution in [2.75, 3.05) is 5.32 Å². The molecular formula is C16H11BrN4. The Labute approximate surface area is 130 Å². The van der Waals surface area contributed by atoms with Crippen molar-refractivity contribution in [3.63, 3.8) is 0 Å². The summed E-state index contributed by atoms with van der Waals surface area (Å²) in [6, 6.07) is 17.8. The lowest BCUT2D eigenvalue weighted by Gasteiger charge is -2.10. The molecule has 0 aliphatic carbocycles. The summed E-state index contributed by atoms with van der Waals surface area (Å²) >= 11 is 3.45. The maximum atomic E-state index is 9.22. The zero-order valence-electron chi connectivity index (χ0n) is 11.0. The van der Waals surface area contributed by atoms with Crippen molar-refractivity contribution in [1.29, 1.82) is 5.26 Å². The summed E-state index contributed by atoms with van der Waals surface area (Å²) in [5.74, 6) is 0. The van der Waals surface area contributed by atoms with E-state index in [9.17, 15) is 5.26 Å². The highest BCUT2D eigenvalue weighted by Crippen LogP contribution is 2.24. The topological polar surface area (TPSA) is 61.6 Å². The van der Waals surface area contributed by atoms with Gasteiger partial charge in [0.05, 0.1) is 11.2 Å². The van der Waals surface area contributed by atoms with Crippen LogP contribution in [-0.4, -0.2) is 10.2 Å². The molecule has 1 aromatic heterocycles. The Balaban J connectivity index is 1.98. The second-order valence-corrected chi connectivity index (χ2v) is 5.45. The van der Waals surface area contributed by atoms with Crippen LogP contribution in [0.3, 0.4) is 0 Å². The van der Waals surface area contributed by atoms with E-state index in [1.165, 1.54) is 0 Å². The summed E-state index contributed by atoms with van der Waals surface area (Å²) in [6.45, 7) is 0.615. The van der Waals surface area contributed by atoms with Crippen LogP contribution in [0.1, 0.15) is 11.3 Å². The van der Waals surface area contributed by atoms with E-state index >= 15 is 0 Å². The van der Waals surface area contributed by atoms with Crippen molar-refractivity contribution in [1.82, 2.24) is 10.2 Å². The predicted molar refractivity (Wildman–Crippen MR) is 85.7 cm³/mol. The fourth-order valence-electron chi connectivity index (χ4n) is 2.15. The number of anilines is 1. The first kappa shape index (κ1) is 13.5. The first-order valence-corrected chi connectivity index (χ1v) is 7.21. The third kappa shape index (κ3) is 2.86. The number of hydrogen-bond acceptors (Lipinski definition) is 4. The molecule has 21 heavy (non-hydrogen) atoms. The van der Waals surface area contributed by atoms with E-state index in [4.69, 9.17) is 0 Å². The number of rotatable bonds is 3. The Hall–Kier alpha value is -2.45. The molecule has 5 heteroatoms. The average Bonchev–Trinajstić information content (AvgIpc) is 2.52. The van der Waals surface area contributed by atoms with Gasteiger partial charge in [-0.15, -0.1) is 10.2 Å². The van der Waals surface area contributed by atoms with E-state index in [1.807, 2.05) is 48.5 Å². The van der Waals surface area contributed by atoms with Crippen LogP contribution in [0.15, 0.2) is 53.0 Å². The van der Waals surface area contributed by atoms with Gasteiger partial charge in [0.15, 0.2) is 5.69 Å². The first-order valence-electron chi connectivity index (χ1n) is 6.42. The molecule has 0 aliphatic rings. The van der Waals surface area contributed by atoms with Crippen LogP contribution >= 0.6 is 15.9 Å². The monoisotopic (exact) mass is 338 g/mol. The van der Waals surface area contributed by atoms with Gasteiger partial charge in [-0.25, -0.2) is 0 Å². The number of benzene rings is 2. The normalized spacial score (nSPS) is 10.3. The summed E-state index contributed by atoms with van der Waals surface area (Å²) in [4.78, 5) is 0. The Bertz CT molecular complexity index is 839. The average molecular weight is 339 g/mol. The second kappa shape index (κ2) is 5.90. The third-order valence-corrected chi connectivity index (χ3v) is 3.63. The fourth-order valence-corrected chi connectivity index (χ4v) is 2.59. The lowest BCUT2D eigenvalue weighted by atomic mass is 10.1. The van der Waals surface area contributed by atoms with Crippen molar-refractivity contribution >= 4 is 32.5 Å². The van der Waals surface area contributed by atoms with Gasteiger partial charge in [0.2, 0.25) is 0 Å². The standard InChI is InChI=1S/C16H11BrN4/c17-12-5-3-4-11(8-12)10-19-16-13-6-1-2-7-14(13)20-21-15(16)9-18/h1-8H,10H2,(H,19,20). The van der Waals surface area contributed by atoms with Crippen LogP contribution in [0.25, 0.3) is 10.9 Å². The number of aromatic nitrogens is 2. The molecule has 0 saturated carbocycles. The van der Waals surface area contributed by atoms with Crippen LogP contribution in [0.4, 0.5) is 5.69 Å². The smallest absolute Gasteiger partial charge is 0.186 e. The molecule has 0 unspecified atom stereocenters. The van der Waals surface area contributed by atoms with Gasteiger partial charge in [-0.1, -0.05) is 46.3 Å². The molecule has 0 saturated heterocycles. The molecule has 2 aromatic carbocycles. The third-order valence-electron chi connectivity index (χ3n) is 3.13. The van der Waals surface area contributed by atoms with Crippen molar-refractivity contribution in [3.05, 3.63) is 64.3 Å². The highest BCUT2D eigenvalue weighted by atomic mass is 79.9. The van der Waals surface area contributed by atoms with Gasteiger partial charge >= 0.3 is 0 Å². The molecule has 4 nitrogen and oxygen atoms in total. The highest BCUT2D eigenvalue weighted by molar-refractivity contribution is 9.10. The highest BCUT2D eigenvalue weighted by Gasteiger charge is 2.09. The number of nitrogens with zero attached hydrogens (tertiary/aromatic N) is 3. The quantitative estimate of drug-likeness (QED) is 0.787. The van der Waals surface area contributed by atoms with Crippen molar-refractivity contribution < 1.29 is 0 Å². The Morgan fingerprint density at radius 1 is 1.10 bits per heavy atom. The van der Waals surface area contributed by atoms with E-state index in [1.54, 1.807) is 0 Å². The van der Waals surface area contributed by atoms with E-state index in [-0.39, 0.29) is 0 Å². The summed E-state index contributed by atoms with van der Waals surface area (Å²) in [6.07, 6.45) is 0. The molecule has 1 N–H and O–H groups in total. The molecule has 0 spiro atoms. The largest absolute Gasteiger partial charge is 0.378 e. The van der Waals surface area contributed by atoms with E-state index < -0.39 is 0 Å². The van der Waals surface area contributed by atoms with E-state index in [0.29, 0.717) is 12.2 Å². The number of halogens is 1. The number of hydrogen-bond donors (Lipinski definition) is 1. The van der Waals surface area contributed by atoms with Gasteiger partial charge in [0.25, 0.3) is 0 Å². The van der Waals surface area contributed by atoms with Crippen molar-refractivity contribution in [3.8, 4) is 6.07 Å². The van der Waals surface area contributed by atoms with Gasteiger partial charge in [-0.2, -0.15) is 5.26 Å². The lowest BCUT2D eigenvalue weighted by molar-refractivity contribution is 1.04. The predicted octanol–water partition coefficient (Wildman–Crippen LogP) is 3.88. The van der Waals surface area contributed by atoms with Crippen molar-refractivity contribution in [2.24, 2.45) is 0 Å².